The van der Waals surface area contributed by atoms with Gasteiger partial charge in [-0.25, -0.2) is 0 Å². The molecule has 0 bridgehead atoms. The van der Waals surface area contributed by atoms with Crippen LogP contribution < -0.4 is 10.1 Å². The lowest BCUT2D eigenvalue weighted by atomic mass is 9.77. The fourth-order valence-corrected chi connectivity index (χ4v) is 3.07. The fourth-order valence-electron chi connectivity index (χ4n) is 3.07. The zero-order valence-electron chi connectivity index (χ0n) is 18.7. The van der Waals surface area contributed by atoms with E-state index in [4.69, 9.17) is 4.74 Å². The molecule has 0 radical (unpaired) electrons. The maximum absolute atomic E-state index is 11.9. The van der Waals surface area contributed by atoms with Crippen LogP contribution in [-0.2, 0) is 4.79 Å². The molecule has 1 N–H and O–H groups in total. The number of hydrogen-bond acceptors (Lipinski definition) is 3. The Morgan fingerprint density at radius 2 is 1.79 bits per heavy atom. The topological polar surface area (TPSA) is 38.3 Å². The molecule has 3 nitrogen and oxygen atoms in total. The first-order valence-corrected chi connectivity index (χ1v) is 10.7. The summed E-state index contributed by atoms with van der Waals surface area (Å²) < 4.78 is 5.52. The SMILES string of the molecule is CCCC.CCCCNc1ccc(/C=C/C2=CC(=O)CC(C)(C)C2)c(OC)c1. The normalized spacial score (nSPS) is 15.6. The van der Waals surface area contributed by atoms with Gasteiger partial charge in [0.25, 0.3) is 0 Å². The molecular weight excluding hydrogens is 346 g/mol. The molecule has 28 heavy (non-hydrogen) atoms. The van der Waals surface area contributed by atoms with Crippen LogP contribution in [0.25, 0.3) is 6.08 Å². The molecule has 0 saturated heterocycles. The van der Waals surface area contributed by atoms with Crippen LogP contribution >= 0.6 is 0 Å². The van der Waals surface area contributed by atoms with Crippen LogP contribution in [0, 0.1) is 5.41 Å². The van der Waals surface area contributed by atoms with E-state index in [1.165, 1.54) is 19.3 Å². The standard InChI is InChI=1S/C21H29NO2.C4H10/c1-5-6-11-22-18-10-9-17(20(13-18)24-4)8-7-16-12-19(23)15-21(2,3)14-16;1-3-4-2/h7-10,12-13,22H,5-6,11,14-15H2,1-4H3;3-4H2,1-2H3/b8-7+;. The minimum atomic E-state index is 0.0443. The maximum Gasteiger partial charge on any atom is 0.156 e. The number of hydrogen-bond donors (Lipinski definition) is 1. The van der Waals surface area contributed by atoms with E-state index >= 15 is 0 Å². The molecule has 0 unspecified atom stereocenters. The first-order chi connectivity index (χ1) is 13.3. The van der Waals surface area contributed by atoms with Crippen molar-refractivity contribution in [2.45, 2.75) is 73.1 Å². The number of carbonyl (C=O) groups is 1. The lowest BCUT2D eigenvalue weighted by Gasteiger charge is -2.27. The molecule has 2 rings (SSSR count). The van der Waals surface area contributed by atoms with E-state index < -0.39 is 0 Å². The Hall–Kier alpha value is -2.03. The van der Waals surface area contributed by atoms with Crippen LogP contribution in [-0.4, -0.2) is 19.4 Å². The van der Waals surface area contributed by atoms with Gasteiger partial charge in [-0.1, -0.05) is 66.0 Å². The Morgan fingerprint density at radius 1 is 1.07 bits per heavy atom. The summed E-state index contributed by atoms with van der Waals surface area (Å²) in [5.41, 5.74) is 3.23. The van der Waals surface area contributed by atoms with E-state index in [0.717, 1.165) is 42.0 Å². The van der Waals surface area contributed by atoms with Crippen molar-refractivity contribution in [1.82, 2.24) is 0 Å². The maximum atomic E-state index is 11.9. The van der Waals surface area contributed by atoms with Gasteiger partial charge in [-0.3, -0.25) is 4.79 Å². The Morgan fingerprint density at radius 3 is 2.36 bits per heavy atom. The first-order valence-electron chi connectivity index (χ1n) is 10.7. The zero-order valence-corrected chi connectivity index (χ0v) is 18.7. The molecule has 3 heteroatoms. The van der Waals surface area contributed by atoms with Crippen LogP contribution in [0.15, 0.2) is 35.9 Å². The highest BCUT2D eigenvalue weighted by Gasteiger charge is 2.26. The lowest BCUT2D eigenvalue weighted by molar-refractivity contribution is -0.116. The van der Waals surface area contributed by atoms with E-state index in [-0.39, 0.29) is 11.2 Å². The highest BCUT2D eigenvalue weighted by atomic mass is 16.5. The number of ketones is 1. The Kier molecular flexibility index (Phi) is 10.7. The van der Waals surface area contributed by atoms with Crippen LogP contribution in [0.1, 0.15) is 78.7 Å². The van der Waals surface area contributed by atoms with Crippen molar-refractivity contribution in [3.63, 3.8) is 0 Å². The second-order valence-corrected chi connectivity index (χ2v) is 8.27. The third-order valence-electron chi connectivity index (χ3n) is 4.75. The van der Waals surface area contributed by atoms with E-state index in [1.54, 1.807) is 13.2 Å². The van der Waals surface area contributed by atoms with E-state index in [9.17, 15) is 4.79 Å². The summed E-state index contributed by atoms with van der Waals surface area (Å²) in [6, 6.07) is 6.15. The van der Waals surface area contributed by atoms with E-state index in [0.29, 0.717) is 6.42 Å². The van der Waals surface area contributed by atoms with Crippen LogP contribution in [0.5, 0.6) is 5.75 Å². The van der Waals surface area contributed by atoms with Crippen molar-refractivity contribution in [1.29, 1.82) is 0 Å². The number of ether oxygens (including phenoxy) is 1. The van der Waals surface area contributed by atoms with Crippen molar-refractivity contribution in [2.75, 3.05) is 19.0 Å². The molecule has 1 aliphatic rings. The van der Waals surface area contributed by atoms with Gasteiger partial charge in [-0.2, -0.15) is 0 Å². The molecule has 0 aliphatic heterocycles. The van der Waals surface area contributed by atoms with Crippen molar-refractivity contribution >= 4 is 17.5 Å². The molecule has 1 aromatic carbocycles. The lowest BCUT2D eigenvalue weighted by Crippen LogP contribution is -2.21. The second kappa shape index (κ2) is 12.4. The highest BCUT2D eigenvalue weighted by Crippen LogP contribution is 2.34. The Balaban J connectivity index is 0.000000892. The van der Waals surface area contributed by atoms with Gasteiger partial charge < -0.3 is 10.1 Å². The second-order valence-electron chi connectivity index (χ2n) is 8.27. The van der Waals surface area contributed by atoms with Crippen molar-refractivity contribution in [3.05, 3.63) is 41.5 Å². The third kappa shape index (κ3) is 8.77. The average molecular weight is 386 g/mol. The number of methoxy groups -OCH3 is 1. The van der Waals surface area contributed by atoms with Gasteiger partial charge in [0.05, 0.1) is 7.11 Å². The van der Waals surface area contributed by atoms with Crippen LogP contribution in [0.3, 0.4) is 0 Å². The molecule has 0 saturated carbocycles. The largest absolute Gasteiger partial charge is 0.496 e. The van der Waals surface area contributed by atoms with Crippen molar-refractivity contribution < 1.29 is 9.53 Å². The van der Waals surface area contributed by atoms with Gasteiger partial charge >= 0.3 is 0 Å². The van der Waals surface area contributed by atoms with Gasteiger partial charge in [0.2, 0.25) is 0 Å². The van der Waals surface area contributed by atoms with Gasteiger partial charge in [-0.15, -0.1) is 0 Å². The monoisotopic (exact) mass is 385 g/mol. The quantitative estimate of drug-likeness (QED) is 0.488. The number of unbranched alkanes of at least 4 members (excludes halogenated alkanes) is 2. The van der Waals surface area contributed by atoms with E-state index in [1.807, 2.05) is 18.2 Å². The molecule has 1 aromatic rings. The molecule has 0 heterocycles. The summed E-state index contributed by atoms with van der Waals surface area (Å²) in [5.74, 6) is 1.06. The summed E-state index contributed by atoms with van der Waals surface area (Å²) in [6.07, 6.45) is 12.4. The number of benzene rings is 1. The molecule has 0 atom stereocenters. The summed E-state index contributed by atoms with van der Waals surface area (Å²) in [4.78, 5) is 11.9. The summed E-state index contributed by atoms with van der Waals surface area (Å²) >= 11 is 0. The molecule has 0 fully saturated rings. The summed E-state index contributed by atoms with van der Waals surface area (Å²) in [5, 5.41) is 3.41. The third-order valence-corrected chi connectivity index (χ3v) is 4.75. The highest BCUT2D eigenvalue weighted by molar-refractivity contribution is 5.92. The average Bonchev–Trinajstić information content (AvgIpc) is 2.65. The van der Waals surface area contributed by atoms with Gasteiger partial charge in [0, 0.05) is 30.3 Å². The minimum absolute atomic E-state index is 0.0443. The summed E-state index contributed by atoms with van der Waals surface area (Å²) in [6.45, 7) is 11.8. The van der Waals surface area contributed by atoms with Gasteiger partial charge in [0.15, 0.2) is 5.78 Å². The predicted molar refractivity (Wildman–Crippen MR) is 122 cm³/mol. The number of nitrogens with one attached hydrogen (secondary N) is 1. The predicted octanol–water partition coefficient (Wildman–Crippen LogP) is 7.04. The smallest absolute Gasteiger partial charge is 0.156 e. The van der Waals surface area contributed by atoms with Crippen molar-refractivity contribution in [2.24, 2.45) is 5.41 Å². The minimum Gasteiger partial charge on any atom is -0.496 e. The van der Waals surface area contributed by atoms with Crippen LogP contribution in [0.4, 0.5) is 5.69 Å². The van der Waals surface area contributed by atoms with Crippen molar-refractivity contribution in [3.8, 4) is 5.75 Å². The fraction of sp³-hybridized carbons (Fsp3) is 0.560. The molecule has 156 valence electrons. The Labute approximate surface area is 172 Å². The number of carbonyl (C=O) groups excluding carboxylic acids is 1. The molecule has 1 aliphatic carbocycles. The van der Waals surface area contributed by atoms with Crippen LogP contribution in [0.2, 0.25) is 0 Å². The molecule has 0 aromatic heterocycles. The summed E-state index contributed by atoms with van der Waals surface area (Å²) in [7, 11) is 1.69. The number of allylic oxidation sites excluding steroid dienone is 3. The van der Waals surface area contributed by atoms with E-state index in [2.05, 4.69) is 52.1 Å². The zero-order chi connectivity index (χ0) is 21.0. The first kappa shape index (κ1) is 24.0. The number of anilines is 1. The van der Waals surface area contributed by atoms with Gasteiger partial charge in [-0.05, 0) is 42.0 Å². The van der Waals surface area contributed by atoms with Gasteiger partial charge in [0.1, 0.15) is 5.75 Å². The molecule has 0 amide bonds. The Bertz CT molecular complexity index is 669. The number of rotatable bonds is 8. The molecular formula is C25H39NO2. The molecule has 0 spiro atoms.